The van der Waals surface area contributed by atoms with Gasteiger partial charge in [-0.25, -0.2) is 4.79 Å². The number of halogens is 1. The first-order chi connectivity index (χ1) is 18.4. The van der Waals surface area contributed by atoms with Gasteiger partial charge in [0.1, 0.15) is 6.04 Å². The highest BCUT2D eigenvalue weighted by molar-refractivity contribution is 6.30. The molecule has 0 bridgehead atoms. The van der Waals surface area contributed by atoms with E-state index < -0.39 is 18.0 Å². The number of nitrogens with one attached hydrogen (secondary N) is 2. The van der Waals surface area contributed by atoms with Crippen molar-refractivity contribution in [1.29, 1.82) is 0 Å². The number of hydrogen-bond acceptors (Lipinski definition) is 8. The molecule has 1 saturated heterocycles. The summed E-state index contributed by atoms with van der Waals surface area (Å²) >= 11 is 6.01. The quantitative estimate of drug-likeness (QED) is 0.264. The number of aromatic nitrogens is 3. The summed E-state index contributed by atoms with van der Waals surface area (Å²) in [6.45, 7) is 1.84. The number of carboxylic acids is 2. The van der Waals surface area contributed by atoms with Gasteiger partial charge in [-0.1, -0.05) is 54.1 Å². The van der Waals surface area contributed by atoms with Crippen LogP contribution in [0.5, 0.6) is 0 Å². The molecule has 1 aliphatic heterocycles. The molecule has 0 unspecified atom stereocenters. The van der Waals surface area contributed by atoms with E-state index in [2.05, 4.69) is 30.5 Å². The van der Waals surface area contributed by atoms with Crippen molar-refractivity contribution in [1.82, 2.24) is 15.0 Å². The number of anilines is 3. The highest BCUT2D eigenvalue weighted by Crippen LogP contribution is 2.24. The SMILES string of the molecule is O=C(O)C[C@H](CNc1nc(N[C@@H](Cc2ccccc2)C(=O)O)nc(N2CCCCC2)n1)c1ccc(Cl)cc1. The Labute approximate surface area is 226 Å². The first kappa shape index (κ1) is 27.1. The minimum atomic E-state index is -1.02. The number of carbonyl (C=O) groups is 2. The summed E-state index contributed by atoms with van der Waals surface area (Å²) < 4.78 is 0. The number of nitrogens with zero attached hydrogens (tertiary/aromatic N) is 4. The Bertz CT molecular complexity index is 1220. The molecule has 11 heteroatoms. The van der Waals surface area contributed by atoms with Crippen molar-refractivity contribution in [3.8, 4) is 0 Å². The minimum Gasteiger partial charge on any atom is -0.481 e. The van der Waals surface area contributed by atoms with Gasteiger partial charge in [0.15, 0.2) is 0 Å². The normalized spacial score (nSPS) is 14.9. The lowest BCUT2D eigenvalue weighted by atomic mass is 9.96. The third-order valence-corrected chi connectivity index (χ3v) is 6.67. The molecular weight excluding hydrogens is 508 g/mol. The second-order valence-electron chi connectivity index (χ2n) is 9.28. The van der Waals surface area contributed by atoms with E-state index in [9.17, 15) is 19.8 Å². The van der Waals surface area contributed by atoms with E-state index >= 15 is 0 Å². The summed E-state index contributed by atoms with van der Waals surface area (Å²) in [5, 5.41) is 26.0. The maximum Gasteiger partial charge on any atom is 0.326 e. The topological polar surface area (TPSA) is 141 Å². The molecule has 0 spiro atoms. The van der Waals surface area contributed by atoms with Crippen LogP contribution in [-0.4, -0.2) is 62.8 Å². The number of piperidine rings is 1. The molecule has 10 nitrogen and oxygen atoms in total. The van der Waals surface area contributed by atoms with Crippen LogP contribution in [-0.2, 0) is 16.0 Å². The van der Waals surface area contributed by atoms with Gasteiger partial charge in [0.2, 0.25) is 17.8 Å². The van der Waals surface area contributed by atoms with Gasteiger partial charge in [-0.2, -0.15) is 15.0 Å². The number of hydrogen-bond donors (Lipinski definition) is 4. The van der Waals surface area contributed by atoms with Crippen LogP contribution in [0.2, 0.25) is 5.02 Å². The molecule has 0 aliphatic carbocycles. The van der Waals surface area contributed by atoms with E-state index in [-0.39, 0.29) is 37.2 Å². The maximum absolute atomic E-state index is 12.1. The summed E-state index contributed by atoms with van der Waals surface area (Å²) in [7, 11) is 0. The van der Waals surface area contributed by atoms with Crippen LogP contribution in [0.4, 0.5) is 17.8 Å². The van der Waals surface area contributed by atoms with Crippen LogP contribution in [0.25, 0.3) is 0 Å². The second-order valence-corrected chi connectivity index (χ2v) is 9.72. The molecule has 200 valence electrons. The van der Waals surface area contributed by atoms with Crippen molar-refractivity contribution in [2.45, 2.75) is 44.1 Å². The monoisotopic (exact) mass is 538 g/mol. The highest BCUT2D eigenvalue weighted by atomic mass is 35.5. The van der Waals surface area contributed by atoms with Crippen molar-refractivity contribution in [2.75, 3.05) is 35.2 Å². The van der Waals surface area contributed by atoms with Crippen molar-refractivity contribution in [3.63, 3.8) is 0 Å². The first-order valence-corrected chi connectivity index (χ1v) is 13.0. The van der Waals surface area contributed by atoms with E-state index in [0.717, 1.165) is 43.5 Å². The third-order valence-electron chi connectivity index (χ3n) is 6.42. The van der Waals surface area contributed by atoms with Crippen molar-refractivity contribution >= 4 is 41.4 Å². The Morgan fingerprint density at radius 2 is 1.61 bits per heavy atom. The van der Waals surface area contributed by atoms with Crippen LogP contribution in [0, 0.1) is 0 Å². The van der Waals surface area contributed by atoms with E-state index in [1.54, 1.807) is 24.3 Å². The average molecular weight is 539 g/mol. The number of aliphatic carboxylic acids is 2. The fourth-order valence-corrected chi connectivity index (χ4v) is 4.54. The van der Waals surface area contributed by atoms with Crippen LogP contribution in [0.1, 0.15) is 42.7 Å². The van der Waals surface area contributed by atoms with Gasteiger partial charge in [0.25, 0.3) is 0 Å². The minimum absolute atomic E-state index is 0.0953. The van der Waals surface area contributed by atoms with Gasteiger partial charge < -0.3 is 25.7 Å². The molecule has 38 heavy (non-hydrogen) atoms. The van der Waals surface area contributed by atoms with Gasteiger partial charge >= 0.3 is 11.9 Å². The molecule has 2 aromatic carbocycles. The summed E-state index contributed by atoms with van der Waals surface area (Å²) in [4.78, 5) is 39.2. The third kappa shape index (κ3) is 7.79. The fourth-order valence-electron chi connectivity index (χ4n) is 4.42. The molecule has 2 heterocycles. The van der Waals surface area contributed by atoms with Gasteiger partial charge in [-0.05, 0) is 42.5 Å². The van der Waals surface area contributed by atoms with E-state index in [4.69, 9.17) is 11.6 Å². The number of benzene rings is 2. The number of rotatable bonds is 12. The molecule has 4 N–H and O–H groups in total. The van der Waals surface area contributed by atoms with Gasteiger partial charge in [0.05, 0.1) is 6.42 Å². The van der Waals surface area contributed by atoms with Crippen molar-refractivity contribution < 1.29 is 19.8 Å². The lowest BCUT2D eigenvalue weighted by molar-refractivity contribution is -0.138. The maximum atomic E-state index is 12.1. The van der Waals surface area contributed by atoms with Crippen molar-refractivity contribution in [2.24, 2.45) is 0 Å². The lowest BCUT2D eigenvalue weighted by Gasteiger charge is -2.27. The van der Waals surface area contributed by atoms with E-state index in [1.165, 1.54) is 0 Å². The Balaban J connectivity index is 1.57. The number of carboxylic acid groups (broad SMARTS) is 2. The van der Waals surface area contributed by atoms with Crippen LogP contribution >= 0.6 is 11.6 Å². The fraction of sp³-hybridized carbons (Fsp3) is 0.370. The van der Waals surface area contributed by atoms with Gasteiger partial charge in [0, 0.05) is 37.0 Å². The zero-order valence-electron chi connectivity index (χ0n) is 20.9. The summed E-state index contributed by atoms with van der Waals surface area (Å²) in [6, 6.07) is 15.5. The lowest BCUT2D eigenvalue weighted by Crippen LogP contribution is -2.34. The Morgan fingerprint density at radius 1 is 0.921 bits per heavy atom. The molecule has 4 rings (SSSR count). The zero-order valence-corrected chi connectivity index (χ0v) is 21.6. The molecule has 2 atom stereocenters. The summed E-state index contributed by atoms with van der Waals surface area (Å²) in [5.41, 5.74) is 1.69. The summed E-state index contributed by atoms with van der Waals surface area (Å²) in [6.07, 6.45) is 3.32. The van der Waals surface area contributed by atoms with E-state index in [0.29, 0.717) is 11.0 Å². The Hall–Kier alpha value is -3.92. The van der Waals surface area contributed by atoms with Gasteiger partial charge in [-0.3, -0.25) is 4.79 Å². The highest BCUT2D eigenvalue weighted by Gasteiger charge is 2.23. The molecule has 3 aromatic rings. The zero-order chi connectivity index (χ0) is 26.9. The average Bonchev–Trinajstić information content (AvgIpc) is 2.92. The molecule has 0 saturated carbocycles. The van der Waals surface area contributed by atoms with Crippen LogP contribution < -0.4 is 15.5 Å². The smallest absolute Gasteiger partial charge is 0.326 e. The second kappa shape index (κ2) is 13.0. The van der Waals surface area contributed by atoms with Crippen LogP contribution in [0.15, 0.2) is 54.6 Å². The predicted octanol–water partition coefficient (Wildman–Crippen LogP) is 4.29. The van der Waals surface area contributed by atoms with Crippen molar-refractivity contribution in [3.05, 3.63) is 70.7 Å². The molecule has 1 aliphatic rings. The summed E-state index contributed by atoms with van der Waals surface area (Å²) in [5.74, 6) is -1.46. The standard InChI is InChI=1S/C27H31ClN6O4/c28-21-11-9-19(10-12-21)20(16-23(35)36)17-29-25-31-26(33-27(32-25)34-13-5-2-6-14-34)30-22(24(37)38)15-18-7-3-1-4-8-18/h1,3-4,7-12,20,22H,2,5-6,13-17H2,(H,35,36)(H,37,38)(H2,29,30,31,32,33)/t20-,22+/m1/s1. The van der Waals surface area contributed by atoms with E-state index in [1.807, 2.05) is 30.3 Å². The molecule has 1 fully saturated rings. The molecule has 1 aromatic heterocycles. The Morgan fingerprint density at radius 3 is 2.26 bits per heavy atom. The molecular formula is C27H31ClN6O4. The molecule has 0 amide bonds. The van der Waals surface area contributed by atoms with Crippen LogP contribution in [0.3, 0.4) is 0 Å². The van der Waals surface area contributed by atoms with Gasteiger partial charge in [-0.15, -0.1) is 0 Å². The Kier molecular flexibility index (Phi) is 9.31. The first-order valence-electron chi connectivity index (χ1n) is 12.6. The largest absolute Gasteiger partial charge is 0.481 e. The molecule has 0 radical (unpaired) electrons. The predicted molar refractivity (Wildman–Crippen MR) is 146 cm³/mol.